The number of hydrogen-bond donors (Lipinski definition) is 1. The second-order valence-corrected chi connectivity index (χ2v) is 4.54. The van der Waals surface area contributed by atoms with E-state index >= 15 is 0 Å². The molecule has 96 valence electrons. The molecule has 0 aromatic carbocycles. The van der Waals surface area contributed by atoms with Gasteiger partial charge in [0.15, 0.2) is 5.82 Å². The molecule has 3 heterocycles. The van der Waals surface area contributed by atoms with E-state index in [4.69, 9.17) is 0 Å². The highest BCUT2D eigenvalue weighted by atomic mass is 15.1. The zero-order valence-electron chi connectivity index (χ0n) is 11.0. The molecule has 1 N–H and O–H groups in total. The molecule has 0 radical (unpaired) electrons. The summed E-state index contributed by atoms with van der Waals surface area (Å²) in [5.74, 6) is 0.804. The Morgan fingerprint density at radius 1 is 1.16 bits per heavy atom. The minimum Gasteiger partial charge on any atom is -0.364 e. The largest absolute Gasteiger partial charge is 0.364 e. The lowest BCUT2D eigenvalue weighted by atomic mass is 10.2. The summed E-state index contributed by atoms with van der Waals surface area (Å²) in [4.78, 5) is 13.0. The van der Waals surface area contributed by atoms with Gasteiger partial charge in [-0.2, -0.15) is 0 Å². The van der Waals surface area contributed by atoms with E-state index in [-0.39, 0.29) is 0 Å². The second-order valence-electron chi connectivity index (χ2n) is 4.54. The maximum Gasteiger partial charge on any atom is 0.154 e. The van der Waals surface area contributed by atoms with Crippen LogP contribution >= 0.6 is 0 Å². The van der Waals surface area contributed by atoms with Crippen molar-refractivity contribution in [3.8, 4) is 0 Å². The zero-order valence-corrected chi connectivity index (χ0v) is 11.0. The van der Waals surface area contributed by atoms with Crippen molar-refractivity contribution in [2.45, 2.75) is 13.5 Å². The van der Waals surface area contributed by atoms with Crippen LogP contribution in [-0.2, 0) is 13.6 Å². The van der Waals surface area contributed by atoms with E-state index < -0.39 is 0 Å². The quantitative estimate of drug-likeness (QED) is 0.778. The highest BCUT2D eigenvalue weighted by Gasteiger charge is 2.06. The van der Waals surface area contributed by atoms with Crippen LogP contribution < -0.4 is 5.32 Å². The van der Waals surface area contributed by atoms with Crippen molar-refractivity contribution in [1.82, 2.24) is 19.5 Å². The van der Waals surface area contributed by atoms with Crippen LogP contribution in [0.15, 0.2) is 36.9 Å². The van der Waals surface area contributed by atoms with Crippen molar-refractivity contribution in [3.05, 3.63) is 48.2 Å². The lowest BCUT2D eigenvalue weighted by Gasteiger charge is -2.06. The normalized spacial score (nSPS) is 10.8. The Labute approximate surface area is 111 Å². The van der Waals surface area contributed by atoms with Gasteiger partial charge in [0, 0.05) is 31.7 Å². The van der Waals surface area contributed by atoms with Gasteiger partial charge < -0.3 is 9.88 Å². The number of nitrogens with one attached hydrogen (secondary N) is 1. The van der Waals surface area contributed by atoms with Gasteiger partial charge in [-0.3, -0.25) is 4.98 Å². The van der Waals surface area contributed by atoms with Crippen LogP contribution in [0, 0.1) is 6.92 Å². The van der Waals surface area contributed by atoms with Crippen LogP contribution in [0.4, 0.5) is 5.82 Å². The van der Waals surface area contributed by atoms with Gasteiger partial charge in [0.1, 0.15) is 5.52 Å². The molecule has 0 aliphatic rings. The summed E-state index contributed by atoms with van der Waals surface area (Å²) < 4.78 is 1.98. The number of fused-ring (bicyclic) bond motifs is 1. The molecule has 5 heteroatoms. The summed E-state index contributed by atoms with van der Waals surface area (Å²) >= 11 is 0. The lowest BCUT2D eigenvalue weighted by molar-refractivity contribution is 0.947. The van der Waals surface area contributed by atoms with Gasteiger partial charge in [0.05, 0.1) is 11.8 Å². The maximum absolute atomic E-state index is 4.37. The zero-order chi connectivity index (χ0) is 13.2. The molecule has 0 aliphatic heterocycles. The van der Waals surface area contributed by atoms with Crippen LogP contribution in [-0.4, -0.2) is 19.5 Å². The number of pyridine rings is 2. The molecule has 3 rings (SSSR count). The number of aryl methyl sites for hydroxylation is 2. The van der Waals surface area contributed by atoms with Crippen LogP contribution in [0.1, 0.15) is 11.3 Å². The van der Waals surface area contributed by atoms with Crippen molar-refractivity contribution >= 4 is 16.9 Å². The minimum absolute atomic E-state index is 0.690. The highest BCUT2D eigenvalue weighted by Crippen LogP contribution is 2.18. The first-order chi connectivity index (χ1) is 9.24. The summed E-state index contributed by atoms with van der Waals surface area (Å²) in [6, 6.07) is 6.03. The first-order valence-corrected chi connectivity index (χ1v) is 6.15. The standard InChI is InChI=1S/C14H15N5/c1-10-3-4-11(7-16-10)8-17-14-13-12(5-6-15-14)19(2)9-18-13/h3-7,9H,8H2,1-2H3,(H,15,17). The van der Waals surface area contributed by atoms with Gasteiger partial charge in [-0.1, -0.05) is 6.07 Å². The molecular weight excluding hydrogens is 238 g/mol. The predicted octanol–water partition coefficient (Wildman–Crippen LogP) is 2.28. The third kappa shape index (κ3) is 2.27. The van der Waals surface area contributed by atoms with E-state index in [1.807, 2.05) is 36.9 Å². The molecule has 0 atom stereocenters. The summed E-state index contributed by atoms with van der Waals surface area (Å²) in [6.45, 7) is 2.67. The topological polar surface area (TPSA) is 55.6 Å². The molecule has 0 unspecified atom stereocenters. The van der Waals surface area contributed by atoms with Crippen LogP contribution in [0.2, 0.25) is 0 Å². The Kier molecular flexibility index (Phi) is 2.87. The molecule has 3 aromatic heterocycles. The van der Waals surface area contributed by atoms with Gasteiger partial charge in [0.25, 0.3) is 0 Å². The molecule has 0 saturated heterocycles. The van der Waals surface area contributed by atoms with Gasteiger partial charge >= 0.3 is 0 Å². The molecule has 0 fully saturated rings. The predicted molar refractivity (Wildman–Crippen MR) is 74.8 cm³/mol. The molecule has 0 amide bonds. The first-order valence-electron chi connectivity index (χ1n) is 6.15. The maximum atomic E-state index is 4.37. The highest BCUT2D eigenvalue weighted by molar-refractivity contribution is 5.85. The van der Waals surface area contributed by atoms with E-state index in [0.717, 1.165) is 28.1 Å². The molecule has 19 heavy (non-hydrogen) atoms. The third-order valence-corrected chi connectivity index (χ3v) is 3.08. The summed E-state index contributed by atoms with van der Waals surface area (Å²) in [5, 5.41) is 3.31. The van der Waals surface area contributed by atoms with E-state index in [9.17, 15) is 0 Å². The first kappa shape index (κ1) is 11.6. The van der Waals surface area contributed by atoms with Crippen molar-refractivity contribution in [1.29, 1.82) is 0 Å². The summed E-state index contributed by atoms with van der Waals surface area (Å²) in [6.07, 6.45) is 5.46. The summed E-state index contributed by atoms with van der Waals surface area (Å²) in [7, 11) is 1.98. The Hall–Kier alpha value is -2.43. The smallest absolute Gasteiger partial charge is 0.154 e. The van der Waals surface area contributed by atoms with E-state index in [1.54, 1.807) is 12.5 Å². The van der Waals surface area contributed by atoms with Gasteiger partial charge in [-0.25, -0.2) is 9.97 Å². The lowest BCUT2D eigenvalue weighted by Crippen LogP contribution is -2.02. The third-order valence-electron chi connectivity index (χ3n) is 3.08. The molecule has 5 nitrogen and oxygen atoms in total. The molecule has 0 spiro atoms. The molecule has 0 saturated carbocycles. The number of anilines is 1. The molecule has 0 bridgehead atoms. The monoisotopic (exact) mass is 253 g/mol. The van der Waals surface area contributed by atoms with Gasteiger partial charge in [-0.15, -0.1) is 0 Å². The van der Waals surface area contributed by atoms with E-state index in [2.05, 4.69) is 26.3 Å². The SMILES string of the molecule is Cc1ccc(CNc2nccc3c2ncn3C)cn1. The number of hydrogen-bond acceptors (Lipinski definition) is 4. The summed E-state index contributed by atoms with van der Waals surface area (Å²) in [5.41, 5.74) is 4.11. The van der Waals surface area contributed by atoms with E-state index in [1.165, 1.54) is 0 Å². The Bertz CT molecular complexity index is 699. The fourth-order valence-electron chi connectivity index (χ4n) is 1.98. The Balaban J connectivity index is 1.83. The van der Waals surface area contributed by atoms with Gasteiger partial charge in [-0.05, 0) is 24.6 Å². The second kappa shape index (κ2) is 4.68. The molecular formula is C14H15N5. The Morgan fingerprint density at radius 3 is 2.84 bits per heavy atom. The van der Waals surface area contributed by atoms with E-state index in [0.29, 0.717) is 6.54 Å². The van der Waals surface area contributed by atoms with Crippen molar-refractivity contribution in [3.63, 3.8) is 0 Å². The Morgan fingerprint density at radius 2 is 2.05 bits per heavy atom. The number of rotatable bonds is 3. The van der Waals surface area contributed by atoms with Crippen molar-refractivity contribution in [2.75, 3.05) is 5.32 Å². The van der Waals surface area contributed by atoms with Crippen LogP contribution in [0.5, 0.6) is 0 Å². The minimum atomic E-state index is 0.690. The number of nitrogens with zero attached hydrogens (tertiary/aromatic N) is 4. The van der Waals surface area contributed by atoms with Crippen molar-refractivity contribution in [2.24, 2.45) is 7.05 Å². The fraction of sp³-hybridized carbons (Fsp3) is 0.214. The number of aromatic nitrogens is 4. The molecule has 3 aromatic rings. The van der Waals surface area contributed by atoms with Crippen LogP contribution in [0.25, 0.3) is 11.0 Å². The van der Waals surface area contributed by atoms with Crippen molar-refractivity contribution < 1.29 is 0 Å². The molecule has 0 aliphatic carbocycles. The average molecular weight is 253 g/mol. The number of imidazole rings is 1. The average Bonchev–Trinajstić information content (AvgIpc) is 2.81. The van der Waals surface area contributed by atoms with Gasteiger partial charge in [0.2, 0.25) is 0 Å². The fourth-order valence-corrected chi connectivity index (χ4v) is 1.98. The van der Waals surface area contributed by atoms with Crippen LogP contribution in [0.3, 0.4) is 0 Å².